The van der Waals surface area contributed by atoms with Crippen LogP contribution in [0.25, 0.3) is 0 Å². The summed E-state index contributed by atoms with van der Waals surface area (Å²) in [5, 5.41) is 15.2. The van der Waals surface area contributed by atoms with Crippen LogP contribution in [0.4, 0.5) is 10.5 Å². The van der Waals surface area contributed by atoms with Gasteiger partial charge in [0.05, 0.1) is 17.7 Å². The zero-order chi connectivity index (χ0) is 20.9. The molecule has 2 saturated heterocycles. The van der Waals surface area contributed by atoms with Crippen LogP contribution in [0.15, 0.2) is 24.3 Å². The van der Waals surface area contributed by atoms with Gasteiger partial charge in [0.25, 0.3) is 0 Å². The number of rotatable bonds is 4. The van der Waals surface area contributed by atoms with Crippen LogP contribution in [0.3, 0.4) is 0 Å². The first-order chi connectivity index (χ1) is 14.6. The van der Waals surface area contributed by atoms with Crippen molar-refractivity contribution in [1.82, 2.24) is 15.5 Å². The zero-order valence-corrected chi connectivity index (χ0v) is 17.5. The Balaban J connectivity index is 1.24. The number of carbonyl (C=O) groups is 2. The second-order valence-corrected chi connectivity index (χ2v) is 8.72. The van der Waals surface area contributed by atoms with E-state index in [-0.39, 0.29) is 24.0 Å². The Hall–Kier alpha value is -2.59. The number of likely N-dealkylation sites (tertiary alicyclic amines) is 1. The molecule has 1 unspecified atom stereocenters. The Morgan fingerprint density at radius 1 is 0.900 bits per heavy atom. The van der Waals surface area contributed by atoms with Gasteiger partial charge in [0.15, 0.2) is 0 Å². The molecule has 7 heteroatoms. The number of nitrogens with zero attached hydrogens (tertiary/aromatic N) is 3. The lowest BCUT2D eigenvalue weighted by Crippen LogP contribution is -2.52. The number of carbonyl (C=O) groups excluding carboxylic acids is 2. The lowest BCUT2D eigenvalue weighted by Gasteiger charge is -2.35. The lowest BCUT2D eigenvalue weighted by molar-refractivity contribution is -0.122. The summed E-state index contributed by atoms with van der Waals surface area (Å²) < 4.78 is 0. The molecule has 3 aliphatic rings. The molecule has 7 nitrogen and oxygen atoms in total. The number of benzene rings is 1. The number of nitriles is 1. The molecule has 3 fully saturated rings. The van der Waals surface area contributed by atoms with Gasteiger partial charge in [-0.05, 0) is 56.4 Å². The van der Waals surface area contributed by atoms with E-state index >= 15 is 0 Å². The molecule has 4 rings (SSSR count). The Morgan fingerprint density at radius 3 is 2.17 bits per heavy atom. The lowest BCUT2D eigenvalue weighted by atomic mass is 9.96. The summed E-state index contributed by atoms with van der Waals surface area (Å²) in [5.41, 5.74) is 1.46. The van der Waals surface area contributed by atoms with Crippen LogP contribution in [0, 0.1) is 11.3 Å². The predicted octanol–water partition coefficient (Wildman–Crippen LogP) is 2.76. The number of amides is 3. The molecule has 1 atom stereocenters. The van der Waals surface area contributed by atoms with Gasteiger partial charge < -0.3 is 15.5 Å². The van der Waals surface area contributed by atoms with Crippen LogP contribution in [0.5, 0.6) is 0 Å². The van der Waals surface area contributed by atoms with Crippen LogP contribution in [0.1, 0.15) is 56.9 Å². The van der Waals surface area contributed by atoms with E-state index in [1.165, 1.54) is 19.3 Å². The molecule has 0 bridgehead atoms. The Kier molecular flexibility index (Phi) is 6.53. The average molecular weight is 410 g/mol. The Bertz CT molecular complexity index is 789. The molecule has 0 spiro atoms. The maximum atomic E-state index is 13.0. The SMILES string of the molecule is N#Cc1ccc(N2CCC(N3CCC(NC(=O)NC4CCCCC4)CC3)C2=O)cc1. The maximum Gasteiger partial charge on any atom is 0.315 e. The zero-order valence-electron chi connectivity index (χ0n) is 17.5. The second-order valence-electron chi connectivity index (χ2n) is 8.72. The third-order valence-electron chi connectivity index (χ3n) is 6.73. The fraction of sp³-hybridized carbons (Fsp3) is 0.609. The molecule has 2 heterocycles. The van der Waals surface area contributed by atoms with Crippen molar-refractivity contribution in [2.75, 3.05) is 24.5 Å². The number of hydrogen-bond acceptors (Lipinski definition) is 4. The highest BCUT2D eigenvalue weighted by molar-refractivity contribution is 5.99. The molecule has 0 aromatic heterocycles. The van der Waals surface area contributed by atoms with Crippen LogP contribution in [0.2, 0.25) is 0 Å². The van der Waals surface area contributed by atoms with Gasteiger partial charge in [0.2, 0.25) is 5.91 Å². The van der Waals surface area contributed by atoms with Gasteiger partial charge in [-0.15, -0.1) is 0 Å². The second kappa shape index (κ2) is 9.48. The number of hydrogen-bond donors (Lipinski definition) is 2. The van der Waals surface area contributed by atoms with Crippen molar-refractivity contribution in [2.24, 2.45) is 0 Å². The average Bonchev–Trinajstić information content (AvgIpc) is 3.16. The first-order valence-electron chi connectivity index (χ1n) is 11.3. The quantitative estimate of drug-likeness (QED) is 0.800. The number of piperidine rings is 1. The Labute approximate surface area is 178 Å². The van der Waals surface area contributed by atoms with Crippen molar-refractivity contribution in [3.63, 3.8) is 0 Å². The van der Waals surface area contributed by atoms with Gasteiger partial charge in [-0.2, -0.15) is 5.26 Å². The molecule has 1 aromatic carbocycles. The first-order valence-corrected chi connectivity index (χ1v) is 11.3. The van der Waals surface area contributed by atoms with Gasteiger partial charge >= 0.3 is 6.03 Å². The summed E-state index contributed by atoms with van der Waals surface area (Å²) >= 11 is 0. The Morgan fingerprint density at radius 2 is 1.53 bits per heavy atom. The van der Waals surface area contributed by atoms with E-state index in [0.29, 0.717) is 18.2 Å². The molecule has 1 aromatic rings. The molecule has 1 saturated carbocycles. The van der Waals surface area contributed by atoms with Crippen LogP contribution < -0.4 is 15.5 Å². The molecule has 0 radical (unpaired) electrons. The minimum Gasteiger partial charge on any atom is -0.335 e. The molecule has 1 aliphatic carbocycles. The molecule has 30 heavy (non-hydrogen) atoms. The summed E-state index contributed by atoms with van der Waals surface area (Å²) in [6.07, 6.45) is 8.44. The van der Waals surface area contributed by atoms with Crippen LogP contribution >= 0.6 is 0 Å². The highest BCUT2D eigenvalue weighted by Crippen LogP contribution is 2.26. The normalized spacial score (nSPS) is 23.9. The van der Waals surface area contributed by atoms with Gasteiger partial charge in [-0.25, -0.2) is 4.79 Å². The van der Waals surface area contributed by atoms with E-state index < -0.39 is 0 Å². The standard InChI is InChI=1S/C23H31N5O2/c24-16-17-6-8-20(9-7-17)28-15-12-21(22(28)29)27-13-10-19(11-14-27)26-23(30)25-18-4-2-1-3-5-18/h6-9,18-19,21H,1-5,10-15H2,(H2,25,26,30). The molecule has 2 N–H and O–H groups in total. The minimum absolute atomic E-state index is 0.0377. The van der Waals surface area contributed by atoms with E-state index in [9.17, 15) is 9.59 Å². The molecule has 160 valence electrons. The largest absolute Gasteiger partial charge is 0.335 e. The van der Waals surface area contributed by atoms with Crippen molar-refractivity contribution < 1.29 is 9.59 Å². The number of urea groups is 1. The smallest absolute Gasteiger partial charge is 0.315 e. The number of nitrogens with one attached hydrogen (secondary N) is 2. The summed E-state index contributed by atoms with van der Waals surface area (Å²) in [6, 6.07) is 9.69. The van der Waals surface area contributed by atoms with E-state index in [1.54, 1.807) is 12.1 Å². The van der Waals surface area contributed by atoms with Crippen molar-refractivity contribution in [3.8, 4) is 6.07 Å². The van der Waals surface area contributed by atoms with Crippen LogP contribution in [-0.4, -0.2) is 54.6 Å². The van der Waals surface area contributed by atoms with Gasteiger partial charge in [0, 0.05) is 37.4 Å². The van der Waals surface area contributed by atoms with Gasteiger partial charge in [-0.3, -0.25) is 9.69 Å². The van der Waals surface area contributed by atoms with Crippen molar-refractivity contribution in [1.29, 1.82) is 5.26 Å². The van der Waals surface area contributed by atoms with E-state index in [0.717, 1.165) is 50.9 Å². The van der Waals surface area contributed by atoms with Gasteiger partial charge in [0.1, 0.15) is 0 Å². The van der Waals surface area contributed by atoms with Crippen LogP contribution in [-0.2, 0) is 4.79 Å². The minimum atomic E-state index is -0.0855. The van der Waals surface area contributed by atoms with E-state index in [1.807, 2.05) is 17.0 Å². The summed E-state index contributed by atoms with van der Waals surface area (Å²) in [5.74, 6) is 0.140. The van der Waals surface area contributed by atoms with Crippen molar-refractivity contribution >= 4 is 17.6 Å². The first kappa shape index (κ1) is 20.7. The number of anilines is 1. The summed E-state index contributed by atoms with van der Waals surface area (Å²) in [4.78, 5) is 29.4. The summed E-state index contributed by atoms with van der Waals surface area (Å²) in [7, 11) is 0. The predicted molar refractivity (Wildman–Crippen MR) is 115 cm³/mol. The third-order valence-corrected chi connectivity index (χ3v) is 6.73. The monoisotopic (exact) mass is 409 g/mol. The maximum absolute atomic E-state index is 13.0. The molecular weight excluding hydrogens is 378 g/mol. The van der Waals surface area contributed by atoms with E-state index in [4.69, 9.17) is 5.26 Å². The fourth-order valence-electron chi connectivity index (χ4n) is 4.99. The summed E-state index contributed by atoms with van der Waals surface area (Å²) in [6.45, 7) is 2.36. The topological polar surface area (TPSA) is 88.5 Å². The highest BCUT2D eigenvalue weighted by atomic mass is 16.2. The third kappa shape index (κ3) is 4.76. The van der Waals surface area contributed by atoms with Crippen molar-refractivity contribution in [2.45, 2.75) is 69.5 Å². The van der Waals surface area contributed by atoms with Crippen molar-refractivity contribution in [3.05, 3.63) is 29.8 Å². The molecule has 2 aliphatic heterocycles. The van der Waals surface area contributed by atoms with E-state index in [2.05, 4.69) is 21.6 Å². The highest BCUT2D eigenvalue weighted by Gasteiger charge is 2.38. The molecule has 3 amide bonds. The van der Waals surface area contributed by atoms with Gasteiger partial charge in [-0.1, -0.05) is 19.3 Å². The fourth-order valence-corrected chi connectivity index (χ4v) is 4.99. The molecular formula is C23H31N5O2.